The Labute approximate surface area is 124 Å². The number of benzene rings is 1. The van der Waals surface area contributed by atoms with Crippen LogP contribution in [0.25, 0.3) is 0 Å². The summed E-state index contributed by atoms with van der Waals surface area (Å²) in [6, 6.07) is 12.2. The largest absolute Gasteiger partial charge is 0.348 e. The van der Waals surface area contributed by atoms with Crippen LogP contribution in [0, 0.1) is 0 Å². The number of carbonyl (C=O) groups is 1. The fourth-order valence-corrected chi connectivity index (χ4v) is 2.76. The summed E-state index contributed by atoms with van der Waals surface area (Å²) < 4.78 is 0. The number of nitrogens with two attached hydrogens (primary N) is 1. The third kappa shape index (κ3) is 3.11. The van der Waals surface area contributed by atoms with Crippen LogP contribution >= 0.6 is 0 Å². The zero-order valence-corrected chi connectivity index (χ0v) is 11.9. The SMILES string of the molecule is NCc1ccc(C(=O)NC2CCc3ccccc3C2)nc1. The van der Waals surface area contributed by atoms with E-state index in [1.54, 1.807) is 12.3 Å². The summed E-state index contributed by atoms with van der Waals surface area (Å²) in [4.78, 5) is 16.4. The summed E-state index contributed by atoms with van der Waals surface area (Å²) in [5.41, 5.74) is 9.64. The van der Waals surface area contributed by atoms with Gasteiger partial charge in [-0.05, 0) is 42.0 Å². The van der Waals surface area contributed by atoms with E-state index in [1.807, 2.05) is 6.07 Å². The van der Waals surface area contributed by atoms with Crippen molar-refractivity contribution >= 4 is 5.91 Å². The van der Waals surface area contributed by atoms with Gasteiger partial charge in [-0.3, -0.25) is 9.78 Å². The molecule has 1 amide bonds. The average Bonchev–Trinajstić information content (AvgIpc) is 2.55. The summed E-state index contributed by atoms with van der Waals surface area (Å²) in [6.45, 7) is 0.439. The van der Waals surface area contributed by atoms with Gasteiger partial charge in [-0.2, -0.15) is 0 Å². The van der Waals surface area contributed by atoms with Crippen LogP contribution in [0.3, 0.4) is 0 Å². The predicted octanol–water partition coefficient (Wildman–Crippen LogP) is 1.83. The lowest BCUT2D eigenvalue weighted by Crippen LogP contribution is -2.39. The van der Waals surface area contributed by atoms with E-state index in [-0.39, 0.29) is 11.9 Å². The molecule has 1 aliphatic rings. The summed E-state index contributed by atoms with van der Waals surface area (Å²) in [6.07, 6.45) is 4.54. The number of aromatic nitrogens is 1. The highest BCUT2D eigenvalue weighted by atomic mass is 16.1. The molecule has 0 radical (unpaired) electrons. The van der Waals surface area contributed by atoms with Gasteiger partial charge in [0.05, 0.1) is 0 Å². The molecule has 0 bridgehead atoms. The van der Waals surface area contributed by atoms with E-state index >= 15 is 0 Å². The van der Waals surface area contributed by atoms with Gasteiger partial charge in [0.2, 0.25) is 0 Å². The van der Waals surface area contributed by atoms with Crippen LogP contribution in [0.15, 0.2) is 42.6 Å². The molecule has 2 aromatic rings. The lowest BCUT2D eigenvalue weighted by Gasteiger charge is -2.25. The Kier molecular flexibility index (Phi) is 3.97. The number of carbonyl (C=O) groups excluding carboxylic acids is 1. The number of aryl methyl sites for hydroxylation is 1. The average molecular weight is 281 g/mol. The number of pyridine rings is 1. The number of amides is 1. The molecule has 0 saturated heterocycles. The lowest BCUT2D eigenvalue weighted by molar-refractivity contribution is 0.0928. The van der Waals surface area contributed by atoms with Crippen molar-refractivity contribution in [1.82, 2.24) is 10.3 Å². The van der Waals surface area contributed by atoms with Crippen molar-refractivity contribution in [1.29, 1.82) is 0 Å². The first-order valence-corrected chi connectivity index (χ1v) is 7.29. The Bertz CT molecular complexity index is 637. The molecule has 3 N–H and O–H groups in total. The molecule has 21 heavy (non-hydrogen) atoms. The zero-order chi connectivity index (χ0) is 14.7. The second-order valence-electron chi connectivity index (χ2n) is 5.44. The van der Waals surface area contributed by atoms with E-state index < -0.39 is 0 Å². The van der Waals surface area contributed by atoms with Crippen molar-refractivity contribution in [3.05, 3.63) is 65.0 Å². The molecule has 1 aromatic carbocycles. The Morgan fingerprint density at radius 1 is 1.24 bits per heavy atom. The van der Waals surface area contributed by atoms with E-state index in [4.69, 9.17) is 5.73 Å². The second-order valence-corrected chi connectivity index (χ2v) is 5.44. The molecular formula is C17H19N3O. The van der Waals surface area contributed by atoms with Crippen molar-refractivity contribution in [2.75, 3.05) is 0 Å². The lowest BCUT2D eigenvalue weighted by atomic mass is 9.88. The summed E-state index contributed by atoms with van der Waals surface area (Å²) in [7, 11) is 0. The van der Waals surface area contributed by atoms with Gasteiger partial charge < -0.3 is 11.1 Å². The van der Waals surface area contributed by atoms with E-state index in [9.17, 15) is 4.79 Å². The van der Waals surface area contributed by atoms with Crippen molar-refractivity contribution in [3.8, 4) is 0 Å². The molecule has 0 fully saturated rings. The summed E-state index contributed by atoms with van der Waals surface area (Å²) >= 11 is 0. The number of fused-ring (bicyclic) bond motifs is 1. The first kappa shape index (κ1) is 13.8. The Balaban J connectivity index is 1.65. The molecule has 0 aliphatic heterocycles. The number of nitrogens with one attached hydrogen (secondary N) is 1. The summed E-state index contributed by atoms with van der Waals surface area (Å²) in [5.74, 6) is -0.108. The van der Waals surface area contributed by atoms with Crippen LogP contribution in [0.5, 0.6) is 0 Å². The highest BCUT2D eigenvalue weighted by molar-refractivity contribution is 5.92. The molecule has 0 saturated carbocycles. The van der Waals surface area contributed by atoms with Crippen LogP contribution in [-0.4, -0.2) is 16.9 Å². The second kappa shape index (κ2) is 6.06. The fraction of sp³-hybridized carbons (Fsp3) is 0.294. The normalized spacial score (nSPS) is 17.1. The molecule has 1 unspecified atom stereocenters. The number of rotatable bonds is 3. The highest BCUT2D eigenvalue weighted by Gasteiger charge is 2.20. The molecule has 3 rings (SSSR count). The Morgan fingerprint density at radius 3 is 2.76 bits per heavy atom. The smallest absolute Gasteiger partial charge is 0.270 e. The van der Waals surface area contributed by atoms with Gasteiger partial charge in [0, 0.05) is 18.8 Å². The van der Waals surface area contributed by atoms with Crippen LogP contribution in [0.4, 0.5) is 0 Å². The first-order chi connectivity index (χ1) is 10.3. The minimum Gasteiger partial charge on any atom is -0.348 e. The third-order valence-electron chi connectivity index (χ3n) is 3.98. The van der Waals surface area contributed by atoms with E-state index in [1.165, 1.54) is 11.1 Å². The third-order valence-corrected chi connectivity index (χ3v) is 3.98. The maximum absolute atomic E-state index is 12.2. The maximum atomic E-state index is 12.2. The van der Waals surface area contributed by atoms with Gasteiger partial charge in [-0.25, -0.2) is 0 Å². The van der Waals surface area contributed by atoms with Gasteiger partial charge in [0.1, 0.15) is 5.69 Å². The standard InChI is InChI=1S/C17H19N3O/c18-10-12-5-8-16(19-11-12)17(21)20-15-7-6-13-3-1-2-4-14(13)9-15/h1-5,8,11,15H,6-7,9-10,18H2,(H,20,21). The zero-order valence-electron chi connectivity index (χ0n) is 11.9. The maximum Gasteiger partial charge on any atom is 0.270 e. The predicted molar refractivity (Wildman–Crippen MR) is 81.8 cm³/mol. The molecule has 1 heterocycles. The highest BCUT2D eigenvalue weighted by Crippen LogP contribution is 2.21. The van der Waals surface area contributed by atoms with Crippen LogP contribution in [-0.2, 0) is 19.4 Å². The number of nitrogens with zero attached hydrogens (tertiary/aromatic N) is 1. The van der Waals surface area contributed by atoms with Gasteiger partial charge in [-0.1, -0.05) is 30.3 Å². The number of hydrogen-bond donors (Lipinski definition) is 2. The quantitative estimate of drug-likeness (QED) is 0.902. The van der Waals surface area contributed by atoms with Gasteiger partial charge in [0.15, 0.2) is 0 Å². The molecule has 4 nitrogen and oxygen atoms in total. The number of hydrogen-bond acceptors (Lipinski definition) is 3. The molecule has 108 valence electrons. The molecule has 1 atom stereocenters. The van der Waals surface area contributed by atoms with Crippen molar-refractivity contribution in [3.63, 3.8) is 0 Å². The molecule has 1 aliphatic carbocycles. The van der Waals surface area contributed by atoms with E-state index in [0.717, 1.165) is 24.8 Å². The van der Waals surface area contributed by atoms with Crippen molar-refractivity contribution in [2.45, 2.75) is 31.8 Å². The van der Waals surface area contributed by atoms with E-state index in [0.29, 0.717) is 12.2 Å². The van der Waals surface area contributed by atoms with Crippen LogP contribution < -0.4 is 11.1 Å². The summed E-state index contributed by atoms with van der Waals surface area (Å²) in [5, 5.41) is 3.08. The fourth-order valence-electron chi connectivity index (χ4n) is 2.76. The van der Waals surface area contributed by atoms with Gasteiger partial charge in [-0.15, -0.1) is 0 Å². The minimum atomic E-state index is -0.108. The Hall–Kier alpha value is -2.20. The molecule has 0 spiro atoms. The monoisotopic (exact) mass is 281 g/mol. The van der Waals surface area contributed by atoms with Gasteiger partial charge >= 0.3 is 0 Å². The van der Waals surface area contributed by atoms with Gasteiger partial charge in [0.25, 0.3) is 5.91 Å². The Morgan fingerprint density at radius 2 is 2.05 bits per heavy atom. The van der Waals surface area contributed by atoms with Crippen LogP contribution in [0.1, 0.15) is 33.6 Å². The first-order valence-electron chi connectivity index (χ1n) is 7.29. The molecule has 1 aromatic heterocycles. The van der Waals surface area contributed by atoms with E-state index in [2.05, 4.69) is 34.6 Å². The van der Waals surface area contributed by atoms with Crippen LogP contribution in [0.2, 0.25) is 0 Å². The molecular weight excluding hydrogens is 262 g/mol. The van der Waals surface area contributed by atoms with Crippen molar-refractivity contribution in [2.24, 2.45) is 5.73 Å². The topological polar surface area (TPSA) is 68.0 Å². The van der Waals surface area contributed by atoms with Crippen molar-refractivity contribution < 1.29 is 4.79 Å². The minimum absolute atomic E-state index is 0.108. The molecule has 4 heteroatoms.